The molecule has 1 aromatic rings. The van der Waals surface area contributed by atoms with Gasteiger partial charge < -0.3 is 20.3 Å². The number of nitrogens with zero attached hydrogens (tertiary/aromatic N) is 1. The first kappa shape index (κ1) is 18.3. The van der Waals surface area contributed by atoms with Crippen LogP contribution in [0.4, 0.5) is 0 Å². The molecule has 3 saturated heterocycles. The number of methoxy groups -OCH3 is 1. The minimum Gasteiger partial charge on any atom is -0.497 e. The van der Waals surface area contributed by atoms with Gasteiger partial charge in [-0.2, -0.15) is 0 Å². The highest BCUT2D eigenvalue weighted by atomic mass is 16.5. The van der Waals surface area contributed by atoms with E-state index in [-0.39, 0.29) is 35.9 Å². The van der Waals surface area contributed by atoms with Gasteiger partial charge in [-0.3, -0.25) is 9.59 Å². The molecule has 2 amide bonds. The minimum absolute atomic E-state index is 0.0299. The number of benzene rings is 1. The van der Waals surface area contributed by atoms with Crippen LogP contribution in [0.1, 0.15) is 44.2 Å². The van der Waals surface area contributed by atoms with Gasteiger partial charge in [0, 0.05) is 24.9 Å². The monoisotopic (exact) mass is 371 g/mol. The molecule has 146 valence electrons. The van der Waals surface area contributed by atoms with Crippen LogP contribution in [0.3, 0.4) is 0 Å². The molecule has 4 rings (SSSR count). The average molecular weight is 371 g/mol. The normalized spacial score (nSPS) is 31.0. The molecule has 2 N–H and O–H groups in total. The van der Waals surface area contributed by atoms with Gasteiger partial charge >= 0.3 is 0 Å². The van der Waals surface area contributed by atoms with E-state index >= 15 is 0 Å². The number of hydrogen-bond donors (Lipinski definition) is 2. The summed E-state index contributed by atoms with van der Waals surface area (Å²) in [5.41, 5.74) is 1.000. The van der Waals surface area contributed by atoms with Gasteiger partial charge in [0.25, 0.3) is 0 Å². The lowest BCUT2D eigenvalue weighted by Gasteiger charge is -2.54. The molecule has 2 bridgehead atoms. The average Bonchev–Trinajstić information content (AvgIpc) is 2.69. The molecule has 3 fully saturated rings. The van der Waals surface area contributed by atoms with E-state index in [4.69, 9.17) is 4.74 Å². The molecule has 5 atom stereocenters. The lowest BCUT2D eigenvalue weighted by atomic mass is 9.72. The van der Waals surface area contributed by atoms with Crippen LogP contribution >= 0.6 is 0 Å². The van der Waals surface area contributed by atoms with Crippen LogP contribution in [-0.2, 0) is 9.59 Å². The molecule has 3 heterocycles. The van der Waals surface area contributed by atoms with E-state index in [0.29, 0.717) is 12.3 Å². The smallest absolute Gasteiger partial charge is 0.243 e. The molecule has 3 aliphatic heterocycles. The zero-order chi connectivity index (χ0) is 19.0. The molecule has 0 unspecified atom stereocenters. The molecule has 0 saturated carbocycles. The second-order valence-corrected chi connectivity index (χ2v) is 8.13. The van der Waals surface area contributed by atoms with Crippen LogP contribution in [0.5, 0.6) is 5.75 Å². The van der Waals surface area contributed by atoms with E-state index in [1.807, 2.05) is 36.1 Å². The van der Waals surface area contributed by atoms with Crippen LogP contribution in [0.25, 0.3) is 0 Å². The van der Waals surface area contributed by atoms with Crippen molar-refractivity contribution in [1.29, 1.82) is 0 Å². The molecular formula is C21H29N3O3. The van der Waals surface area contributed by atoms with E-state index in [0.717, 1.165) is 43.7 Å². The lowest BCUT2D eigenvalue weighted by Crippen LogP contribution is -2.68. The molecule has 6 heteroatoms. The van der Waals surface area contributed by atoms with Crippen LogP contribution in [0, 0.1) is 11.8 Å². The standard InChI is InChI=1S/C21H29N3O3/c1-13(14-5-3-6-17(10-14)27-2)23-21(26)20-16-9-15(11-22-12-16)18-7-4-8-19(25)24(18)20/h3,5-6,10,13,15-16,18,20,22H,4,7-9,11-12H2,1-2H3,(H,23,26)/t13-,15-,16+,18+,20-/m1/s1. The van der Waals surface area contributed by atoms with Gasteiger partial charge in [-0.05, 0) is 56.3 Å². The Bertz CT molecular complexity index is 722. The molecule has 27 heavy (non-hydrogen) atoms. The number of fused-ring (bicyclic) bond motifs is 4. The van der Waals surface area contributed by atoms with E-state index in [2.05, 4.69) is 10.6 Å². The highest BCUT2D eigenvalue weighted by Gasteiger charge is 2.50. The van der Waals surface area contributed by atoms with Gasteiger partial charge in [-0.1, -0.05) is 12.1 Å². The third-order valence-corrected chi connectivity index (χ3v) is 6.47. The Morgan fingerprint density at radius 2 is 2.15 bits per heavy atom. The van der Waals surface area contributed by atoms with Crippen molar-refractivity contribution in [3.63, 3.8) is 0 Å². The maximum Gasteiger partial charge on any atom is 0.243 e. The third kappa shape index (κ3) is 3.43. The Balaban J connectivity index is 1.54. The maximum absolute atomic E-state index is 13.3. The van der Waals surface area contributed by atoms with Crippen molar-refractivity contribution in [1.82, 2.24) is 15.5 Å². The molecule has 6 nitrogen and oxygen atoms in total. The number of amides is 2. The van der Waals surface area contributed by atoms with Crippen LogP contribution in [0.15, 0.2) is 24.3 Å². The van der Waals surface area contributed by atoms with Gasteiger partial charge in [-0.25, -0.2) is 0 Å². The topological polar surface area (TPSA) is 70.7 Å². The second-order valence-electron chi connectivity index (χ2n) is 8.13. The Hall–Kier alpha value is -2.08. The van der Waals surface area contributed by atoms with E-state index in [1.165, 1.54) is 0 Å². The summed E-state index contributed by atoms with van der Waals surface area (Å²) in [4.78, 5) is 27.9. The summed E-state index contributed by atoms with van der Waals surface area (Å²) in [7, 11) is 1.64. The lowest BCUT2D eigenvalue weighted by molar-refractivity contribution is -0.157. The van der Waals surface area contributed by atoms with Crippen molar-refractivity contribution >= 4 is 11.8 Å². The molecule has 0 radical (unpaired) electrons. The Labute approximate surface area is 160 Å². The zero-order valence-electron chi connectivity index (χ0n) is 16.1. The first-order chi connectivity index (χ1) is 13.1. The Kier molecular flexibility index (Phi) is 5.08. The van der Waals surface area contributed by atoms with Crippen LogP contribution in [0.2, 0.25) is 0 Å². The summed E-state index contributed by atoms with van der Waals surface area (Å²) in [6.45, 7) is 3.74. The molecule has 0 aromatic heterocycles. The quantitative estimate of drug-likeness (QED) is 0.848. The number of ether oxygens (including phenoxy) is 1. The van der Waals surface area contributed by atoms with Gasteiger partial charge in [0.2, 0.25) is 11.8 Å². The van der Waals surface area contributed by atoms with Crippen molar-refractivity contribution in [3.05, 3.63) is 29.8 Å². The molecule has 0 aliphatic carbocycles. The van der Waals surface area contributed by atoms with Crippen molar-refractivity contribution in [2.45, 2.75) is 50.7 Å². The molecular weight excluding hydrogens is 342 g/mol. The predicted molar refractivity (Wildman–Crippen MR) is 102 cm³/mol. The number of hydrogen-bond acceptors (Lipinski definition) is 4. The SMILES string of the molecule is COc1cccc([C@@H](C)NC(=O)[C@H]2[C@@H]3CNC[C@@H](C3)[C@@H]3CCCC(=O)N32)c1. The van der Waals surface area contributed by atoms with E-state index in [9.17, 15) is 9.59 Å². The van der Waals surface area contributed by atoms with Gasteiger partial charge in [0.05, 0.1) is 13.2 Å². The molecule has 3 aliphatic rings. The highest BCUT2D eigenvalue weighted by Crippen LogP contribution is 2.39. The van der Waals surface area contributed by atoms with Crippen molar-refractivity contribution < 1.29 is 14.3 Å². The van der Waals surface area contributed by atoms with Crippen molar-refractivity contribution in [3.8, 4) is 5.75 Å². The molecule has 0 spiro atoms. The van der Waals surface area contributed by atoms with Gasteiger partial charge in [0.1, 0.15) is 11.8 Å². The summed E-state index contributed by atoms with van der Waals surface area (Å²) in [6, 6.07) is 7.46. The fourth-order valence-electron chi connectivity index (χ4n) is 5.14. The fraction of sp³-hybridized carbons (Fsp3) is 0.619. The highest BCUT2D eigenvalue weighted by molar-refractivity contribution is 5.89. The summed E-state index contributed by atoms with van der Waals surface area (Å²) in [5.74, 6) is 1.57. The van der Waals surface area contributed by atoms with Crippen molar-refractivity contribution in [2.75, 3.05) is 20.2 Å². The minimum atomic E-state index is -0.361. The summed E-state index contributed by atoms with van der Waals surface area (Å²) in [5, 5.41) is 6.64. The fourth-order valence-corrected chi connectivity index (χ4v) is 5.14. The Morgan fingerprint density at radius 1 is 1.33 bits per heavy atom. The summed E-state index contributed by atoms with van der Waals surface area (Å²) < 4.78 is 5.29. The second kappa shape index (κ2) is 7.50. The largest absolute Gasteiger partial charge is 0.497 e. The summed E-state index contributed by atoms with van der Waals surface area (Å²) in [6.07, 6.45) is 3.56. The maximum atomic E-state index is 13.3. The third-order valence-electron chi connectivity index (χ3n) is 6.47. The predicted octanol–water partition coefficient (Wildman–Crippen LogP) is 1.86. The number of nitrogens with one attached hydrogen (secondary N) is 2. The zero-order valence-corrected chi connectivity index (χ0v) is 16.1. The number of piperidine rings is 3. The van der Waals surface area contributed by atoms with Crippen LogP contribution < -0.4 is 15.4 Å². The van der Waals surface area contributed by atoms with Crippen molar-refractivity contribution in [2.24, 2.45) is 11.8 Å². The van der Waals surface area contributed by atoms with E-state index < -0.39 is 0 Å². The summed E-state index contributed by atoms with van der Waals surface area (Å²) >= 11 is 0. The van der Waals surface area contributed by atoms with Crippen LogP contribution in [-0.4, -0.2) is 49.0 Å². The molecule has 1 aromatic carbocycles. The Morgan fingerprint density at radius 3 is 2.96 bits per heavy atom. The first-order valence-corrected chi connectivity index (χ1v) is 10.0. The number of carbonyl (C=O) groups excluding carboxylic acids is 2. The van der Waals surface area contributed by atoms with Gasteiger partial charge in [0.15, 0.2) is 0 Å². The first-order valence-electron chi connectivity index (χ1n) is 10.0. The van der Waals surface area contributed by atoms with Gasteiger partial charge in [-0.15, -0.1) is 0 Å². The number of rotatable bonds is 4. The van der Waals surface area contributed by atoms with E-state index in [1.54, 1.807) is 7.11 Å². The number of carbonyl (C=O) groups is 2.